The van der Waals surface area contributed by atoms with E-state index in [1.54, 1.807) is 24.3 Å². The molecule has 0 saturated heterocycles. The summed E-state index contributed by atoms with van der Waals surface area (Å²) in [6, 6.07) is 8.71. The van der Waals surface area contributed by atoms with Crippen LogP contribution in [0.1, 0.15) is 12.8 Å². The summed E-state index contributed by atoms with van der Waals surface area (Å²) in [7, 11) is 2.83. The summed E-state index contributed by atoms with van der Waals surface area (Å²) in [4.78, 5) is 2.57. The van der Waals surface area contributed by atoms with Gasteiger partial charge in [-0.2, -0.15) is 0 Å². The van der Waals surface area contributed by atoms with Crippen LogP contribution in [0.2, 0.25) is 0 Å². The van der Waals surface area contributed by atoms with Crippen LogP contribution in [0.15, 0.2) is 76.6 Å². The molecule has 1 N–H and O–H groups in total. The van der Waals surface area contributed by atoms with E-state index >= 15 is 0 Å². The zero-order chi connectivity index (χ0) is 15.3. The molecule has 0 spiro atoms. The van der Waals surface area contributed by atoms with Gasteiger partial charge in [-0.1, -0.05) is 54.7 Å². The average Bonchev–Trinajstić information content (AvgIpc) is 3.22. The van der Waals surface area contributed by atoms with E-state index < -0.39 is 0 Å². The van der Waals surface area contributed by atoms with Crippen molar-refractivity contribution >= 4 is 44.9 Å². The van der Waals surface area contributed by atoms with E-state index in [-0.39, 0.29) is 26.2 Å². The van der Waals surface area contributed by atoms with Crippen molar-refractivity contribution in [3.63, 3.8) is 0 Å². The fraction of sp³-hybridized carbons (Fsp3) is 0.125. The van der Waals surface area contributed by atoms with Crippen LogP contribution >= 0.6 is 21.6 Å². The Kier molecular flexibility index (Phi) is 15.0. The molecule has 3 rings (SSSR count). The minimum absolute atomic E-state index is 0. The second-order valence-electron chi connectivity index (χ2n) is 4.03. The van der Waals surface area contributed by atoms with Gasteiger partial charge >= 0.3 is 26.2 Å². The fourth-order valence-electron chi connectivity index (χ4n) is 1.41. The summed E-state index contributed by atoms with van der Waals surface area (Å²) in [5, 5.41) is 8.63. The molecule has 0 aliphatic heterocycles. The molecule has 0 fully saturated rings. The van der Waals surface area contributed by atoms with E-state index in [1.165, 1.54) is 31.4 Å². The Balaban J connectivity index is 0.000000294. The summed E-state index contributed by atoms with van der Waals surface area (Å²) < 4.78 is 0. The van der Waals surface area contributed by atoms with Crippen LogP contribution in [0, 0.1) is 0 Å². The van der Waals surface area contributed by atoms with Gasteiger partial charge in [0.25, 0.3) is 0 Å². The number of hydrogen-bond donors (Lipinski definition) is 1. The maximum atomic E-state index is 8.63. The average molecular weight is 444 g/mol. The SMILES string of the molecule is Oc1ccccc1.[S-]SC1=CC=CC1.[S-]SC1=CC=CC1.[Zr+2]. The largest absolute Gasteiger partial charge is 2.00 e. The topological polar surface area (TPSA) is 20.2 Å². The molecule has 114 valence electrons. The number of phenols is 1. The number of benzene rings is 1. The maximum absolute atomic E-state index is 8.63. The van der Waals surface area contributed by atoms with Crippen LogP contribution in [-0.2, 0) is 49.5 Å². The molecule has 0 aromatic heterocycles. The molecule has 1 aromatic rings. The van der Waals surface area contributed by atoms with Crippen LogP contribution in [0.25, 0.3) is 0 Å². The molecular formula is C16H16OS4Zr. The molecule has 0 unspecified atom stereocenters. The number of para-hydroxylation sites is 1. The van der Waals surface area contributed by atoms with E-state index in [1.807, 2.05) is 18.2 Å². The van der Waals surface area contributed by atoms with Crippen LogP contribution in [0.5, 0.6) is 5.75 Å². The summed E-state index contributed by atoms with van der Waals surface area (Å²) in [6.45, 7) is 0. The van der Waals surface area contributed by atoms with Gasteiger partial charge in [-0.25, -0.2) is 0 Å². The molecule has 0 atom stereocenters. The molecule has 22 heavy (non-hydrogen) atoms. The number of rotatable bonds is 2. The third kappa shape index (κ3) is 10.9. The molecule has 0 saturated carbocycles. The van der Waals surface area contributed by atoms with Crippen molar-refractivity contribution in [1.82, 2.24) is 0 Å². The van der Waals surface area contributed by atoms with Gasteiger partial charge < -0.3 is 50.0 Å². The second kappa shape index (κ2) is 14.8. The first kappa shape index (κ1) is 22.3. The van der Waals surface area contributed by atoms with E-state index in [4.69, 9.17) is 28.4 Å². The third-order valence-electron chi connectivity index (χ3n) is 2.44. The molecule has 1 aromatic carbocycles. The summed E-state index contributed by atoms with van der Waals surface area (Å²) in [6.07, 6.45) is 14.5. The normalized spacial score (nSPS) is 13.9. The molecule has 1 nitrogen and oxygen atoms in total. The second-order valence-corrected chi connectivity index (χ2v) is 6.41. The first-order chi connectivity index (χ1) is 10.3. The predicted molar refractivity (Wildman–Crippen MR) is 102 cm³/mol. The molecular weight excluding hydrogens is 428 g/mol. The third-order valence-corrected chi connectivity index (χ3v) is 4.76. The van der Waals surface area contributed by atoms with Gasteiger partial charge in [0.2, 0.25) is 0 Å². The first-order valence-electron chi connectivity index (χ1n) is 6.31. The van der Waals surface area contributed by atoms with Crippen LogP contribution in [0.4, 0.5) is 0 Å². The minimum atomic E-state index is 0. The number of allylic oxidation sites excluding steroid dienone is 8. The number of hydrogen-bond acceptors (Lipinski definition) is 5. The Labute approximate surface area is 170 Å². The minimum Gasteiger partial charge on any atom is -0.714 e. The zero-order valence-corrected chi connectivity index (χ0v) is 17.6. The van der Waals surface area contributed by atoms with Gasteiger partial charge in [0.1, 0.15) is 5.75 Å². The summed E-state index contributed by atoms with van der Waals surface area (Å²) in [5.41, 5.74) is 0. The Bertz CT molecular complexity index is 494. The molecule has 0 bridgehead atoms. The fourth-order valence-corrected chi connectivity index (χ4v) is 2.75. The standard InChI is InChI=1S/C6H6O.2C5H6S2.Zr/c7-6-4-2-1-3-5-6;2*6-7-5-3-1-2-4-5;/h1-5,7H;2*1-3,6H,4H2;/q;;;+2/p-2. The van der Waals surface area contributed by atoms with E-state index in [9.17, 15) is 0 Å². The zero-order valence-electron chi connectivity index (χ0n) is 11.8. The van der Waals surface area contributed by atoms with E-state index in [0.717, 1.165) is 12.8 Å². The molecule has 0 heterocycles. The van der Waals surface area contributed by atoms with Gasteiger partial charge in [-0.3, -0.25) is 0 Å². The van der Waals surface area contributed by atoms with Crippen molar-refractivity contribution < 1.29 is 31.3 Å². The van der Waals surface area contributed by atoms with Crippen LogP contribution in [-0.4, -0.2) is 5.11 Å². The summed E-state index contributed by atoms with van der Waals surface area (Å²) >= 11 is 9.44. The first-order valence-corrected chi connectivity index (χ1v) is 9.79. The maximum Gasteiger partial charge on any atom is 2.00 e. The number of phenolic OH excluding ortho intramolecular Hbond substituents is 1. The van der Waals surface area contributed by atoms with Crippen molar-refractivity contribution in [2.45, 2.75) is 12.8 Å². The Morgan fingerprint density at radius 1 is 0.818 bits per heavy atom. The summed E-state index contributed by atoms with van der Waals surface area (Å²) in [5.74, 6) is 0.322. The Hall–Kier alpha value is 0.263. The van der Waals surface area contributed by atoms with Gasteiger partial charge in [0.15, 0.2) is 0 Å². The van der Waals surface area contributed by atoms with Crippen molar-refractivity contribution in [3.05, 3.63) is 76.6 Å². The van der Waals surface area contributed by atoms with Crippen molar-refractivity contribution in [2.24, 2.45) is 0 Å². The van der Waals surface area contributed by atoms with Crippen LogP contribution < -0.4 is 0 Å². The molecule has 2 aliphatic carbocycles. The van der Waals surface area contributed by atoms with Gasteiger partial charge in [-0.15, -0.1) is 0 Å². The number of aromatic hydroxyl groups is 1. The molecule has 0 amide bonds. The Morgan fingerprint density at radius 2 is 1.27 bits per heavy atom. The van der Waals surface area contributed by atoms with Crippen molar-refractivity contribution in [3.8, 4) is 5.75 Å². The van der Waals surface area contributed by atoms with Gasteiger partial charge in [-0.05, 0) is 34.8 Å². The van der Waals surface area contributed by atoms with Crippen LogP contribution in [0.3, 0.4) is 0 Å². The smallest absolute Gasteiger partial charge is 0.714 e. The predicted octanol–water partition coefficient (Wildman–Crippen LogP) is 5.44. The molecule has 6 heteroatoms. The Morgan fingerprint density at radius 3 is 1.45 bits per heavy atom. The van der Waals surface area contributed by atoms with Crippen molar-refractivity contribution in [2.75, 3.05) is 0 Å². The van der Waals surface area contributed by atoms with E-state index in [2.05, 4.69) is 24.3 Å². The van der Waals surface area contributed by atoms with E-state index in [0.29, 0.717) is 5.75 Å². The molecule has 2 aliphatic rings. The monoisotopic (exact) mass is 442 g/mol. The quantitative estimate of drug-likeness (QED) is 0.483. The van der Waals surface area contributed by atoms with Gasteiger partial charge in [0.05, 0.1) is 0 Å². The van der Waals surface area contributed by atoms with Gasteiger partial charge in [0, 0.05) is 0 Å². The molecule has 0 radical (unpaired) electrons. The van der Waals surface area contributed by atoms with Crippen molar-refractivity contribution in [1.29, 1.82) is 0 Å².